The van der Waals surface area contributed by atoms with Gasteiger partial charge in [-0.05, 0) is 81.7 Å². The van der Waals surface area contributed by atoms with Gasteiger partial charge in [-0.15, -0.1) is 0 Å². The molecule has 0 atom stereocenters. The van der Waals surface area contributed by atoms with Gasteiger partial charge in [0.25, 0.3) is 11.8 Å². The maximum Gasteiger partial charge on any atom is 0.335 e. The van der Waals surface area contributed by atoms with Crippen molar-refractivity contribution in [3.63, 3.8) is 0 Å². The van der Waals surface area contributed by atoms with E-state index in [-0.39, 0.29) is 5.57 Å². The number of barbiturate groups is 1. The summed E-state index contributed by atoms with van der Waals surface area (Å²) >= 11 is 12.8. The summed E-state index contributed by atoms with van der Waals surface area (Å²) in [6.45, 7) is 0.380. The zero-order chi connectivity index (χ0) is 23.5. The molecule has 0 radical (unpaired) electrons. The third kappa shape index (κ3) is 5.35. The molecule has 4 amide bonds. The summed E-state index contributed by atoms with van der Waals surface area (Å²) in [5.41, 5.74) is 1.73. The van der Waals surface area contributed by atoms with Crippen LogP contribution < -0.4 is 15.0 Å². The quantitative estimate of drug-likeness (QED) is 0.288. The van der Waals surface area contributed by atoms with Gasteiger partial charge >= 0.3 is 6.03 Å². The van der Waals surface area contributed by atoms with Gasteiger partial charge in [0, 0.05) is 9.50 Å². The van der Waals surface area contributed by atoms with E-state index in [4.69, 9.17) is 16.3 Å². The van der Waals surface area contributed by atoms with Crippen molar-refractivity contribution in [1.29, 1.82) is 0 Å². The second-order valence-electron chi connectivity index (χ2n) is 7.04. The third-order valence-corrected chi connectivity index (χ3v) is 6.16. The zero-order valence-corrected chi connectivity index (χ0v) is 20.8. The number of hydrogen-bond donors (Lipinski definition) is 1. The Hall–Kier alpha value is -2.94. The summed E-state index contributed by atoms with van der Waals surface area (Å²) in [5, 5.41) is 2.66. The van der Waals surface area contributed by atoms with Crippen molar-refractivity contribution < 1.29 is 19.1 Å². The third-order valence-electron chi connectivity index (χ3n) is 4.76. The molecule has 166 valence electrons. The van der Waals surface area contributed by atoms with E-state index in [1.54, 1.807) is 30.3 Å². The first-order valence-corrected chi connectivity index (χ1v) is 11.6. The first-order valence-electron chi connectivity index (χ1n) is 9.65. The van der Waals surface area contributed by atoms with E-state index in [1.165, 1.54) is 18.2 Å². The maximum atomic E-state index is 13.0. The molecule has 4 rings (SSSR count). The van der Waals surface area contributed by atoms with Gasteiger partial charge < -0.3 is 4.74 Å². The van der Waals surface area contributed by atoms with Gasteiger partial charge in [0.05, 0.1) is 10.2 Å². The predicted molar refractivity (Wildman–Crippen MR) is 133 cm³/mol. The number of hydrogen-bond acceptors (Lipinski definition) is 4. The minimum absolute atomic E-state index is 0.167. The molecule has 1 aliphatic rings. The van der Waals surface area contributed by atoms with Crippen molar-refractivity contribution in [2.24, 2.45) is 0 Å². The standard InChI is InChI=1S/C24H15Br2ClN2O4/c25-16-4-1-14(2-5-16)13-33-21-10-3-15(12-20(21)26)11-19-22(30)28-24(32)29(23(19)31)18-8-6-17(27)7-9-18/h1-12H,13H2,(H,28,30,32)/b19-11+. The molecule has 0 spiro atoms. The van der Waals surface area contributed by atoms with Gasteiger partial charge in [0.2, 0.25) is 0 Å². The Labute approximate surface area is 211 Å². The highest BCUT2D eigenvalue weighted by atomic mass is 79.9. The van der Waals surface area contributed by atoms with E-state index in [9.17, 15) is 14.4 Å². The van der Waals surface area contributed by atoms with Crippen LogP contribution in [0.15, 0.2) is 81.2 Å². The maximum absolute atomic E-state index is 13.0. The first-order chi connectivity index (χ1) is 15.8. The molecule has 3 aromatic carbocycles. The number of ether oxygens (including phenoxy) is 1. The van der Waals surface area contributed by atoms with Crippen molar-refractivity contribution in [1.82, 2.24) is 5.32 Å². The van der Waals surface area contributed by atoms with E-state index in [2.05, 4.69) is 37.2 Å². The van der Waals surface area contributed by atoms with Gasteiger partial charge in [-0.1, -0.05) is 45.7 Å². The van der Waals surface area contributed by atoms with Crippen LogP contribution >= 0.6 is 43.5 Å². The molecule has 1 aliphatic heterocycles. The Bertz CT molecular complexity index is 1270. The van der Waals surface area contributed by atoms with E-state index < -0.39 is 17.8 Å². The molecule has 1 fully saturated rings. The summed E-state index contributed by atoms with van der Waals surface area (Å²) in [7, 11) is 0. The van der Waals surface area contributed by atoms with Crippen LogP contribution in [0.25, 0.3) is 6.08 Å². The van der Waals surface area contributed by atoms with Gasteiger partial charge in [0.15, 0.2) is 0 Å². The van der Waals surface area contributed by atoms with Gasteiger partial charge in [-0.3, -0.25) is 14.9 Å². The lowest BCUT2D eigenvalue weighted by molar-refractivity contribution is -0.122. The molecule has 1 saturated heterocycles. The molecular formula is C24H15Br2ClN2O4. The lowest BCUT2D eigenvalue weighted by Gasteiger charge is -2.26. The molecule has 0 saturated carbocycles. The number of halogens is 3. The van der Waals surface area contributed by atoms with E-state index in [0.717, 1.165) is 14.9 Å². The monoisotopic (exact) mass is 588 g/mol. The summed E-state index contributed by atoms with van der Waals surface area (Å²) in [4.78, 5) is 38.5. The average Bonchev–Trinajstić information content (AvgIpc) is 2.78. The van der Waals surface area contributed by atoms with Crippen LogP contribution in [0, 0.1) is 0 Å². The molecule has 3 aromatic rings. The summed E-state index contributed by atoms with van der Waals surface area (Å²) in [6.07, 6.45) is 1.43. The van der Waals surface area contributed by atoms with Crippen LogP contribution in [0.2, 0.25) is 5.02 Å². The van der Waals surface area contributed by atoms with Crippen LogP contribution in [-0.4, -0.2) is 17.8 Å². The van der Waals surface area contributed by atoms with Crippen LogP contribution in [0.4, 0.5) is 10.5 Å². The summed E-state index contributed by atoms with van der Waals surface area (Å²) < 4.78 is 7.50. The highest BCUT2D eigenvalue weighted by Crippen LogP contribution is 2.29. The highest BCUT2D eigenvalue weighted by Gasteiger charge is 2.36. The summed E-state index contributed by atoms with van der Waals surface area (Å²) in [5.74, 6) is -0.878. The number of carbonyl (C=O) groups is 3. The fourth-order valence-corrected chi connectivity index (χ4v) is 4.02. The first kappa shape index (κ1) is 23.2. The number of amides is 4. The van der Waals surface area contributed by atoms with Gasteiger partial charge in [-0.25, -0.2) is 9.69 Å². The smallest absolute Gasteiger partial charge is 0.335 e. The molecule has 33 heavy (non-hydrogen) atoms. The summed E-state index contributed by atoms with van der Waals surface area (Å²) in [6, 6.07) is 18.3. The normalized spacial score (nSPS) is 15.1. The minimum Gasteiger partial charge on any atom is -0.488 e. The molecule has 1 heterocycles. The molecule has 0 aromatic heterocycles. The topological polar surface area (TPSA) is 75.7 Å². The van der Waals surface area contributed by atoms with Crippen molar-refractivity contribution in [2.75, 3.05) is 4.90 Å². The SMILES string of the molecule is O=C1NC(=O)N(c2ccc(Cl)cc2)C(=O)/C1=C/c1ccc(OCc2ccc(Br)cc2)c(Br)c1. The second kappa shape index (κ2) is 9.91. The van der Waals surface area contributed by atoms with Gasteiger partial charge in [-0.2, -0.15) is 0 Å². The Morgan fingerprint density at radius 1 is 0.939 bits per heavy atom. The predicted octanol–water partition coefficient (Wildman–Crippen LogP) is 6.11. The largest absolute Gasteiger partial charge is 0.488 e. The molecule has 9 heteroatoms. The molecule has 0 aliphatic carbocycles. The van der Waals surface area contributed by atoms with Crippen molar-refractivity contribution in [3.8, 4) is 5.75 Å². The number of imide groups is 2. The molecule has 0 unspecified atom stereocenters. The van der Waals surface area contributed by atoms with Gasteiger partial charge in [0.1, 0.15) is 17.9 Å². The van der Waals surface area contributed by atoms with Crippen molar-refractivity contribution in [3.05, 3.63) is 97.4 Å². The highest BCUT2D eigenvalue weighted by molar-refractivity contribution is 9.10. The Morgan fingerprint density at radius 3 is 2.30 bits per heavy atom. The minimum atomic E-state index is -0.817. The van der Waals surface area contributed by atoms with E-state index in [1.807, 2.05) is 24.3 Å². The van der Waals surface area contributed by atoms with Crippen molar-refractivity contribution >= 4 is 73.1 Å². The lowest BCUT2D eigenvalue weighted by Crippen LogP contribution is -2.54. The van der Waals surface area contributed by atoms with Crippen LogP contribution in [-0.2, 0) is 16.2 Å². The number of rotatable bonds is 5. The Balaban J connectivity index is 1.55. The van der Waals surface area contributed by atoms with Crippen LogP contribution in [0.1, 0.15) is 11.1 Å². The Morgan fingerprint density at radius 2 is 1.64 bits per heavy atom. The Kier molecular flexibility index (Phi) is 6.97. The van der Waals surface area contributed by atoms with E-state index in [0.29, 0.717) is 33.1 Å². The molecule has 1 N–H and O–H groups in total. The number of carbonyl (C=O) groups excluding carboxylic acids is 3. The van der Waals surface area contributed by atoms with Crippen LogP contribution in [0.3, 0.4) is 0 Å². The molecular weight excluding hydrogens is 576 g/mol. The number of benzene rings is 3. The second-order valence-corrected chi connectivity index (χ2v) is 9.25. The number of urea groups is 1. The van der Waals surface area contributed by atoms with E-state index >= 15 is 0 Å². The zero-order valence-electron chi connectivity index (χ0n) is 16.8. The number of nitrogens with one attached hydrogen (secondary N) is 1. The lowest BCUT2D eigenvalue weighted by atomic mass is 10.1. The molecule has 0 bridgehead atoms. The number of anilines is 1. The van der Waals surface area contributed by atoms with Crippen molar-refractivity contribution in [2.45, 2.75) is 6.61 Å². The number of nitrogens with zero attached hydrogens (tertiary/aromatic N) is 1. The fourth-order valence-electron chi connectivity index (χ4n) is 3.11. The fraction of sp³-hybridized carbons (Fsp3) is 0.0417. The van der Waals surface area contributed by atoms with Crippen LogP contribution in [0.5, 0.6) is 5.75 Å². The molecule has 6 nitrogen and oxygen atoms in total. The average molecular weight is 591 g/mol.